The zero-order valence-electron chi connectivity index (χ0n) is 11.9. The highest BCUT2D eigenvalue weighted by atomic mass is 19.1. The molecular formula is C16H20FN3. The van der Waals surface area contributed by atoms with Gasteiger partial charge in [0.2, 0.25) is 0 Å². The highest BCUT2D eigenvalue weighted by Crippen LogP contribution is 2.14. The standard InChI is InChI=1S/C16H20FN3/c1-18-9-13-5-6-16(17)15(8-13)12-20(2)11-14-4-3-7-19-10-14/h3-8,10,18H,9,11-12H2,1-2H3. The van der Waals surface area contributed by atoms with Crippen LogP contribution in [0.15, 0.2) is 42.7 Å². The van der Waals surface area contributed by atoms with Crippen molar-refractivity contribution in [2.24, 2.45) is 0 Å². The summed E-state index contributed by atoms with van der Waals surface area (Å²) in [4.78, 5) is 6.17. The smallest absolute Gasteiger partial charge is 0.127 e. The number of benzene rings is 1. The third kappa shape index (κ3) is 4.11. The predicted octanol–water partition coefficient (Wildman–Crippen LogP) is 2.57. The predicted molar refractivity (Wildman–Crippen MR) is 78.6 cm³/mol. The van der Waals surface area contributed by atoms with E-state index in [0.717, 1.165) is 29.8 Å². The molecule has 0 saturated heterocycles. The molecule has 1 aromatic carbocycles. The zero-order valence-corrected chi connectivity index (χ0v) is 11.9. The molecule has 0 atom stereocenters. The van der Waals surface area contributed by atoms with E-state index in [2.05, 4.69) is 15.2 Å². The van der Waals surface area contributed by atoms with Crippen molar-refractivity contribution in [3.05, 3.63) is 65.2 Å². The minimum atomic E-state index is -0.150. The molecule has 1 N–H and O–H groups in total. The summed E-state index contributed by atoms with van der Waals surface area (Å²) in [6.45, 7) is 2.08. The molecule has 0 amide bonds. The average molecular weight is 273 g/mol. The molecule has 20 heavy (non-hydrogen) atoms. The lowest BCUT2D eigenvalue weighted by atomic mass is 10.1. The van der Waals surface area contributed by atoms with Gasteiger partial charge in [0, 0.05) is 37.6 Å². The maximum atomic E-state index is 13.8. The summed E-state index contributed by atoms with van der Waals surface area (Å²) in [7, 11) is 3.87. The summed E-state index contributed by atoms with van der Waals surface area (Å²) >= 11 is 0. The van der Waals surface area contributed by atoms with Crippen molar-refractivity contribution < 1.29 is 4.39 Å². The van der Waals surface area contributed by atoms with Gasteiger partial charge in [0.05, 0.1) is 0 Å². The van der Waals surface area contributed by atoms with Crippen LogP contribution in [0.2, 0.25) is 0 Å². The molecule has 0 aliphatic carbocycles. The van der Waals surface area contributed by atoms with Gasteiger partial charge in [-0.25, -0.2) is 4.39 Å². The molecule has 2 aromatic rings. The van der Waals surface area contributed by atoms with Crippen molar-refractivity contribution in [1.29, 1.82) is 0 Å². The highest BCUT2D eigenvalue weighted by Gasteiger charge is 2.07. The van der Waals surface area contributed by atoms with Crippen LogP contribution in [-0.4, -0.2) is 24.0 Å². The Morgan fingerprint density at radius 2 is 2.05 bits per heavy atom. The lowest BCUT2D eigenvalue weighted by Crippen LogP contribution is -2.18. The maximum Gasteiger partial charge on any atom is 0.127 e. The number of nitrogens with zero attached hydrogens (tertiary/aromatic N) is 2. The van der Waals surface area contributed by atoms with Crippen LogP contribution in [0, 0.1) is 5.82 Å². The van der Waals surface area contributed by atoms with Gasteiger partial charge in [-0.05, 0) is 37.4 Å². The topological polar surface area (TPSA) is 28.2 Å². The Labute approximate surface area is 119 Å². The first kappa shape index (κ1) is 14.6. The SMILES string of the molecule is CNCc1ccc(F)c(CN(C)Cc2cccnc2)c1. The van der Waals surface area contributed by atoms with Gasteiger partial charge in [-0.2, -0.15) is 0 Å². The van der Waals surface area contributed by atoms with E-state index in [9.17, 15) is 4.39 Å². The second-order valence-corrected chi connectivity index (χ2v) is 4.99. The summed E-state index contributed by atoms with van der Waals surface area (Å²) in [5.41, 5.74) is 2.95. The lowest BCUT2D eigenvalue weighted by Gasteiger charge is -2.17. The molecule has 3 nitrogen and oxygen atoms in total. The molecule has 0 radical (unpaired) electrons. The fraction of sp³-hybridized carbons (Fsp3) is 0.312. The number of rotatable bonds is 6. The molecule has 1 aromatic heterocycles. The average Bonchev–Trinajstić information content (AvgIpc) is 2.44. The monoisotopic (exact) mass is 273 g/mol. The molecule has 0 unspecified atom stereocenters. The third-order valence-electron chi connectivity index (χ3n) is 3.11. The Bertz CT molecular complexity index is 543. The first-order valence-electron chi connectivity index (χ1n) is 6.68. The molecule has 2 rings (SSSR count). The molecule has 0 spiro atoms. The highest BCUT2D eigenvalue weighted by molar-refractivity contribution is 5.25. The van der Waals surface area contributed by atoms with Crippen molar-refractivity contribution in [2.75, 3.05) is 14.1 Å². The Morgan fingerprint density at radius 3 is 2.75 bits per heavy atom. The zero-order chi connectivity index (χ0) is 14.4. The van der Waals surface area contributed by atoms with Crippen LogP contribution in [0.3, 0.4) is 0 Å². The van der Waals surface area contributed by atoms with Gasteiger partial charge in [0.25, 0.3) is 0 Å². The minimum absolute atomic E-state index is 0.150. The van der Waals surface area contributed by atoms with Gasteiger partial charge in [-0.15, -0.1) is 0 Å². The Balaban J connectivity index is 2.03. The van der Waals surface area contributed by atoms with E-state index in [1.807, 2.05) is 44.6 Å². The Morgan fingerprint density at radius 1 is 1.20 bits per heavy atom. The minimum Gasteiger partial charge on any atom is -0.316 e. The molecule has 0 saturated carbocycles. The normalized spacial score (nSPS) is 11.0. The van der Waals surface area contributed by atoms with Crippen LogP contribution in [0.4, 0.5) is 4.39 Å². The van der Waals surface area contributed by atoms with Gasteiger partial charge < -0.3 is 5.32 Å². The van der Waals surface area contributed by atoms with Crippen molar-refractivity contribution in [3.63, 3.8) is 0 Å². The number of pyridine rings is 1. The van der Waals surface area contributed by atoms with E-state index >= 15 is 0 Å². The summed E-state index contributed by atoms with van der Waals surface area (Å²) in [6.07, 6.45) is 3.59. The largest absolute Gasteiger partial charge is 0.316 e. The molecule has 0 bridgehead atoms. The molecule has 0 aliphatic heterocycles. The second-order valence-electron chi connectivity index (χ2n) is 4.99. The number of nitrogens with one attached hydrogen (secondary N) is 1. The quantitative estimate of drug-likeness (QED) is 0.877. The van der Waals surface area contributed by atoms with E-state index < -0.39 is 0 Å². The van der Waals surface area contributed by atoms with E-state index in [1.165, 1.54) is 0 Å². The Hall–Kier alpha value is -1.78. The van der Waals surface area contributed by atoms with E-state index in [0.29, 0.717) is 6.54 Å². The van der Waals surface area contributed by atoms with Crippen LogP contribution in [0.25, 0.3) is 0 Å². The van der Waals surface area contributed by atoms with Crippen LogP contribution in [0.1, 0.15) is 16.7 Å². The fourth-order valence-corrected chi connectivity index (χ4v) is 2.21. The lowest BCUT2D eigenvalue weighted by molar-refractivity contribution is 0.313. The van der Waals surface area contributed by atoms with Gasteiger partial charge in [-0.1, -0.05) is 18.2 Å². The molecule has 106 valence electrons. The Kier molecular flexibility index (Phi) is 5.21. The van der Waals surface area contributed by atoms with Gasteiger partial charge in [0.1, 0.15) is 5.82 Å². The molecule has 0 fully saturated rings. The number of hydrogen-bond acceptors (Lipinski definition) is 3. The van der Waals surface area contributed by atoms with Crippen LogP contribution >= 0.6 is 0 Å². The first-order valence-corrected chi connectivity index (χ1v) is 6.68. The maximum absolute atomic E-state index is 13.8. The van der Waals surface area contributed by atoms with Crippen molar-refractivity contribution >= 4 is 0 Å². The summed E-state index contributed by atoms with van der Waals surface area (Å²) in [5.74, 6) is -0.150. The number of hydrogen-bond donors (Lipinski definition) is 1. The van der Waals surface area contributed by atoms with Gasteiger partial charge in [-0.3, -0.25) is 9.88 Å². The van der Waals surface area contributed by atoms with Gasteiger partial charge in [0.15, 0.2) is 0 Å². The first-order chi connectivity index (χ1) is 9.69. The van der Waals surface area contributed by atoms with E-state index in [4.69, 9.17) is 0 Å². The number of aromatic nitrogens is 1. The van der Waals surface area contributed by atoms with E-state index in [1.54, 1.807) is 12.3 Å². The summed E-state index contributed by atoms with van der Waals surface area (Å²) in [6, 6.07) is 9.22. The summed E-state index contributed by atoms with van der Waals surface area (Å²) in [5, 5.41) is 3.08. The molecule has 4 heteroatoms. The van der Waals surface area contributed by atoms with Crippen molar-refractivity contribution in [3.8, 4) is 0 Å². The van der Waals surface area contributed by atoms with Crippen LogP contribution in [0.5, 0.6) is 0 Å². The summed E-state index contributed by atoms with van der Waals surface area (Å²) < 4.78 is 13.8. The van der Waals surface area contributed by atoms with Crippen molar-refractivity contribution in [1.82, 2.24) is 15.2 Å². The van der Waals surface area contributed by atoms with Crippen molar-refractivity contribution in [2.45, 2.75) is 19.6 Å². The number of halogens is 1. The van der Waals surface area contributed by atoms with Crippen LogP contribution < -0.4 is 5.32 Å². The second kappa shape index (κ2) is 7.12. The third-order valence-corrected chi connectivity index (χ3v) is 3.11. The molecular weight excluding hydrogens is 253 g/mol. The molecule has 0 aliphatic rings. The van der Waals surface area contributed by atoms with E-state index in [-0.39, 0.29) is 5.82 Å². The molecule has 1 heterocycles. The fourth-order valence-electron chi connectivity index (χ4n) is 2.21. The van der Waals surface area contributed by atoms with Gasteiger partial charge >= 0.3 is 0 Å². The van der Waals surface area contributed by atoms with Crippen LogP contribution in [-0.2, 0) is 19.6 Å².